The topological polar surface area (TPSA) is 46.4 Å². The van der Waals surface area contributed by atoms with Crippen LogP contribution in [0.2, 0.25) is 0 Å². The van der Waals surface area contributed by atoms with Crippen molar-refractivity contribution >= 4 is 17.2 Å². The Morgan fingerprint density at radius 1 is 1.14 bits per heavy atom. The first-order valence-corrected chi connectivity index (χ1v) is 10.4. The summed E-state index contributed by atoms with van der Waals surface area (Å²) in [5, 5.41) is 3.13. The molecule has 1 N–H and O–H groups in total. The minimum atomic E-state index is 0.122. The fourth-order valence-electron chi connectivity index (χ4n) is 4.16. The molecule has 3 aromatic rings. The van der Waals surface area contributed by atoms with Crippen molar-refractivity contribution in [3.8, 4) is 11.3 Å². The number of carbonyl (C=O) groups excluding carboxylic acids is 1. The van der Waals surface area contributed by atoms with E-state index in [4.69, 9.17) is 4.98 Å². The first-order valence-electron chi connectivity index (χ1n) is 10.4. The zero-order valence-electron chi connectivity index (χ0n) is 16.9. The highest BCUT2D eigenvalue weighted by Gasteiger charge is 2.15. The number of fused-ring (bicyclic) bond motifs is 1. The summed E-state index contributed by atoms with van der Waals surface area (Å²) in [5.74, 6) is 0.852. The molecule has 0 saturated heterocycles. The van der Waals surface area contributed by atoms with E-state index in [1.54, 1.807) is 0 Å². The van der Waals surface area contributed by atoms with E-state index >= 15 is 0 Å². The number of nitrogens with one attached hydrogen (secondary N) is 1. The average molecular weight is 376 g/mol. The van der Waals surface area contributed by atoms with Gasteiger partial charge in [0.25, 0.3) is 0 Å². The van der Waals surface area contributed by atoms with Crippen molar-refractivity contribution in [3.05, 3.63) is 53.9 Å². The first-order chi connectivity index (χ1) is 13.6. The summed E-state index contributed by atoms with van der Waals surface area (Å²) >= 11 is 0. The van der Waals surface area contributed by atoms with Gasteiger partial charge in [0.05, 0.1) is 5.69 Å². The summed E-state index contributed by atoms with van der Waals surface area (Å²) in [6, 6.07) is 10.3. The molecule has 1 amide bonds. The van der Waals surface area contributed by atoms with Crippen LogP contribution >= 0.6 is 0 Å². The number of pyridine rings is 1. The van der Waals surface area contributed by atoms with Crippen LogP contribution in [0.4, 0.5) is 5.69 Å². The summed E-state index contributed by atoms with van der Waals surface area (Å²) in [4.78, 5) is 17.2. The second-order valence-electron chi connectivity index (χ2n) is 8.22. The number of aryl methyl sites for hydroxylation is 2. The number of aromatic nitrogens is 2. The van der Waals surface area contributed by atoms with Crippen molar-refractivity contribution in [1.29, 1.82) is 0 Å². The minimum absolute atomic E-state index is 0.122. The summed E-state index contributed by atoms with van der Waals surface area (Å²) in [7, 11) is 0. The van der Waals surface area contributed by atoms with Crippen molar-refractivity contribution < 1.29 is 4.79 Å². The van der Waals surface area contributed by atoms with E-state index in [-0.39, 0.29) is 5.91 Å². The van der Waals surface area contributed by atoms with Crippen LogP contribution in [-0.4, -0.2) is 15.3 Å². The Bertz CT molecular complexity index is 983. The predicted octanol–water partition coefficient (Wildman–Crippen LogP) is 5.92. The molecule has 4 heteroatoms. The molecule has 28 heavy (non-hydrogen) atoms. The number of imidazole rings is 1. The lowest BCUT2D eigenvalue weighted by Crippen LogP contribution is -2.15. The summed E-state index contributed by atoms with van der Waals surface area (Å²) in [6.45, 7) is 4.11. The van der Waals surface area contributed by atoms with Crippen LogP contribution in [0.15, 0.2) is 42.7 Å². The fourth-order valence-corrected chi connectivity index (χ4v) is 4.16. The summed E-state index contributed by atoms with van der Waals surface area (Å²) < 4.78 is 2.03. The maximum absolute atomic E-state index is 12.5. The highest BCUT2D eigenvalue weighted by Crippen LogP contribution is 2.28. The molecular formula is C24H29N3O. The molecule has 146 valence electrons. The number of hydrogen-bond donors (Lipinski definition) is 1. The molecule has 0 radical (unpaired) electrons. The van der Waals surface area contributed by atoms with Crippen LogP contribution < -0.4 is 5.32 Å². The van der Waals surface area contributed by atoms with Crippen LogP contribution in [0.1, 0.15) is 56.1 Å². The third-order valence-electron chi connectivity index (χ3n) is 5.93. The number of rotatable bonds is 5. The smallest absolute Gasteiger partial charge is 0.224 e. The van der Waals surface area contributed by atoms with E-state index < -0.39 is 0 Å². The Morgan fingerprint density at radius 3 is 2.79 bits per heavy atom. The third-order valence-corrected chi connectivity index (χ3v) is 5.93. The van der Waals surface area contributed by atoms with Gasteiger partial charge in [0.15, 0.2) is 0 Å². The maximum atomic E-state index is 12.5. The fraction of sp³-hybridized carbons (Fsp3) is 0.417. The van der Waals surface area contributed by atoms with E-state index in [0.29, 0.717) is 6.42 Å². The lowest BCUT2D eigenvalue weighted by atomic mass is 9.86. The third kappa shape index (κ3) is 4.27. The molecule has 1 aliphatic rings. The van der Waals surface area contributed by atoms with Crippen LogP contribution in [0.25, 0.3) is 16.9 Å². The Kier molecular flexibility index (Phi) is 5.47. The number of amides is 1. The molecule has 0 atom stereocenters. The summed E-state index contributed by atoms with van der Waals surface area (Å²) in [5.41, 5.74) is 6.04. The van der Waals surface area contributed by atoms with Crippen LogP contribution in [0.3, 0.4) is 0 Å². The quantitative estimate of drug-likeness (QED) is 0.602. The van der Waals surface area contributed by atoms with Gasteiger partial charge in [-0.3, -0.25) is 4.79 Å². The van der Waals surface area contributed by atoms with Gasteiger partial charge in [0, 0.05) is 30.1 Å². The van der Waals surface area contributed by atoms with Gasteiger partial charge in [-0.25, -0.2) is 4.98 Å². The van der Waals surface area contributed by atoms with E-state index in [1.165, 1.54) is 37.7 Å². The van der Waals surface area contributed by atoms with Crippen molar-refractivity contribution in [2.45, 2.75) is 58.8 Å². The van der Waals surface area contributed by atoms with E-state index in [9.17, 15) is 4.79 Å². The zero-order valence-corrected chi connectivity index (χ0v) is 16.9. The number of benzene rings is 1. The van der Waals surface area contributed by atoms with Gasteiger partial charge in [-0.1, -0.05) is 44.2 Å². The Labute approximate surface area is 167 Å². The normalized spacial score (nSPS) is 15.1. The molecule has 0 spiro atoms. The molecule has 4 nitrogen and oxygen atoms in total. The van der Waals surface area contributed by atoms with Crippen LogP contribution in [0.5, 0.6) is 0 Å². The van der Waals surface area contributed by atoms with Gasteiger partial charge in [-0.05, 0) is 55.5 Å². The predicted molar refractivity (Wildman–Crippen MR) is 115 cm³/mol. The number of hydrogen-bond acceptors (Lipinski definition) is 2. The zero-order chi connectivity index (χ0) is 19.5. The molecule has 0 bridgehead atoms. The van der Waals surface area contributed by atoms with Crippen LogP contribution in [0, 0.1) is 19.8 Å². The minimum Gasteiger partial charge on any atom is -0.326 e. The SMILES string of the molecule is Cc1ccn2cc(-c3ccc(C)c(NC(=O)CCC4CCCCC4)c3)nc2c1. The van der Waals surface area contributed by atoms with E-state index in [0.717, 1.165) is 40.5 Å². The molecule has 1 saturated carbocycles. The van der Waals surface area contributed by atoms with E-state index in [1.807, 2.05) is 29.8 Å². The van der Waals surface area contributed by atoms with Crippen molar-refractivity contribution in [2.75, 3.05) is 5.32 Å². The second kappa shape index (κ2) is 8.17. The number of anilines is 1. The molecule has 4 rings (SSSR count). The van der Waals surface area contributed by atoms with Crippen molar-refractivity contribution in [3.63, 3.8) is 0 Å². The standard InChI is InChI=1S/C24H29N3O/c1-17-12-13-27-16-22(25-23(27)14-17)20-10-8-18(2)21(15-20)26-24(28)11-9-19-6-4-3-5-7-19/h8,10,12-16,19H,3-7,9,11H2,1-2H3,(H,26,28). The number of carbonyl (C=O) groups is 1. The van der Waals surface area contributed by atoms with Gasteiger partial charge in [0.1, 0.15) is 5.65 Å². The molecule has 1 fully saturated rings. The lowest BCUT2D eigenvalue weighted by Gasteiger charge is -2.21. The Morgan fingerprint density at radius 2 is 1.96 bits per heavy atom. The molecule has 2 aromatic heterocycles. The Hall–Kier alpha value is -2.62. The van der Waals surface area contributed by atoms with Gasteiger partial charge >= 0.3 is 0 Å². The Balaban J connectivity index is 1.47. The lowest BCUT2D eigenvalue weighted by molar-refractivity contribution is -0.116. The van der Waals surface area contributed by atoms with Gasteiger partial charge < -0.3 is 9.72 Å². The molecule has 0 aliphatic heterocycles. The highest BCUT2D eigenvalue weighted by atomic mass is 16.1. The second-order valence-corrected chi connectivity index (χ2v) is 8.22. The molecule has 1 aliphatic carbocycles. The molecule has 2 heterocycles. The van der Waals surface area contributed by atoms with Crippen molar-refractivity contribution in [2.24, 2.45) is 5.92 Å². The molecule has 1 aromatic carbocycles. The highest BCUT2D eigenvalue weighted by molar-refractivity contribution is 5.92. The van der Waals surface area contributed by atoms with Gasteiger partial charge in [0.2, 0.25) is 5.91 Å². The van der Waals surface area contributed by atoms with Crippen molar-refractivity contribution in [1.82, 2.24) is 9.38 Å². The summed E-state index contributed by atoms with van der Waals surface area (Å²) in [6.07, 6.45) is 12.3. The largest absolute Gasteiger partial charge is 0.326 e. The monoisotopic (exact) mass is 375 g/mol. The van der Waals surface area contributed by atoms with Gasteiger partial charge in [-0.2, -0.15) is 0 Å². The molecular weight excluding hydrogens is 346 g/mol. The van der Waals surface area contributed by atoms with E-state index in [2.05, 4.69) is 36.5 Å². The number of nitrogens with zero attached hydrogens (tertiary/aromatic N) is 2. The maximum Gasteiger partial charge on any atom is 0.224 e. The van der Waals surface area contributed by atoms with Crippen LogP contribution in [-0.2, 0) is 4.79 Å². The average Bonchev–Trinajstić information content (AvgIpc) is 3.12. The van der Waals surface area contributed by atoms with Gasteiger partial charge in [-0.15, -0.1) is 0 Å². The molecule has 0 unspecified atom stereocenters. The first kappa shape index (κ1) is 18.7.